The molecule has 28 heavy (non-hydrogen) atoms. The molecule has 0 radical (unpaired) electrons. The average Bonchev–Trinajstić information content (AvgIpc) is 3.28. The molecule has 9 heteroatoms. The molecule has 0 saturated carbocycles. The summed E-state index contributed by atoms with van der Waals surface area (Å²) in [6, 6.07) is 13.1. The van der Waals surface area contributed by atoms with E-state index in [0.717, 1.165) is 10.6 Å². The predicted molar refractivity (Wildman–Crippen MR) is 108 cm³/mol. The smallest absolute Gasteiger partial charge is 0.244 e. The Morgan fingerprint density at radius 2 is 1.86 bits per heavy atom. The van der Waals surface area contributed by atoms with Gasteiger partial charge in [-0.2, -0.15) is 4.31 Å². The zero-order chi connectivity index (χ0) is 19.4. The number of rotatable bonds is 6. The SMILES string of the molecule is O=S(=O)(c1ccc(NC(c2ccccc2)c2nccs2)nc1)N1CCOCC1. The van der Waals surface area contributed by atoms with E-state index in [0.29, 0.717) is 32.1 Å². The molecule has 3 aromatic rings. The van der Waals surface area contributed by atoms with Crippen molar-refractivity contribution in [2.45, 2.75) is 10.9 Å². The van der Waals surface area contributed by atoms with Gasteiger partial charge in [0.15, 0.2) is 0 Å². The third kappa shape index (κ3) is 4.07. The molecule has 1 aliphatic rings. The standard InChI is InChI=1S/C19H20N4O3S2/c24-28(25,23-9-11-26-12-10-23)16-6-7-17(21-14-16)22-18(19-20-8-13-27-19)15-4-2-1-3-5-15/h1-8,13-14,18H,9-12H2,(H,21,22). The first-order chi connectivity index (χ1) is 13.6. The summed E-state index contributed by atoms with van der Waals surface area (Å²) in [7, 11) is -3.55. The van der Waals surface area contributed by atoms with Gasteiger partial charge in [-0.1, -0.05) is 30.3 Å². The molecule has 1 aromatic carbocycles. The summed E-state index contributed by atoms with van der Waals surface area (Å²) in [5.41, 5.74) is 1.06. The first kappa shape index (κ1) is 19.0. The van der Waals surface area contributed by atoms with Crippen LogP contribution in [0.1, 0.15) is 16.6 Å². The molecular weight excluding hydrogens is 396 g/mol. The van der Waals surface area contributed by atoms with Crippen molar-refractivity contribution in [2.24, 2.45) is 0 Å². The Labute approximate surface area is 168 Å². The van der Waals surface area contributed by atoms with Crippen LogP contribution in [-0.4, -0.2) is 49.0 Å². The van der Waals surface area contributed by atoms with E-state index in [1.165, 1.54) is 10.5 Å². The van der Waals surface area contributed by atoms with Gasteiger partial charge in [-0.25, -0.2) is 18.4 Å². The summed E-state index contributed by atoms with van der Waals surface area (Å²) in [5, 5.41) is 6.21. The molecule has 1 unspecified atom stereocenters. The van der Waals surface area contributed by atoms with E-state index in [-0.39, 0.29) is 10.9 Å². The number of morpholine rings is 1. The van der Waals surface area contributed by atoms with E-state index in [9.17, 15) is 8.42 Å². The quantitative estimate of drug-likeness (QED) is 0.665. The van der Waals surface area contributed by atoms with Gasteiger partial charge in [-0.15, -0.1) is 11.3 Å². The van der Waals surface area contributed by atoms with Crippen LogP contribution in [-0.2, 0) is 14.8 Å². The van der Waals surface area contributed by atoms with Crippen molar-refractivity contribution >= 4 is 27.2 Å². The molecule has 0 bridgehead atoms. The zero-order valence-electron chi connectivity index (χ0n) is 15.1. The number of benzene rings is 1. The fourth-order valence-electron chi connectivity index (χ4n) is 3.01. The Morgan fingerprint density at radius 3 is 2.50 bits per heavy atom. The molecule has 2 aromatic heterocycles. The highest BCUT2D eigenvalue weighted by Gasteiger charge is 2.26. The molecule has 0 amide bonds. The summed E-state index contributed by atoms with van der Waals surface area (Å²) in [6.07, 6.45) is 3.17. The molecule has 1 fully saturated rings. The Balaban J connectivity index is 1.56. The molecule has 4 rings (SSSR count). The maximum absolute atomic E-state index is 12.7. The fourth-order valence-corrected chi connectivity index (χ4v) is 5.08. The van der Waals surface area contributed by atoms with Crippen molar-refractivity contribution < 1.29 is 13.2 Å². The van der Waals surface area contributed by atoms with E-state index < -0.39 is 10.0 Å². The van der Waals surface area contributed by atoms with Gasteiger partial charge >= 0.3 is 0 Å². The average molecular weight is 417 g/mol. The highest BCUT2D eigenvalue weighted by atomic mass is 32.2. The molecule has 1 saturated heterocycles. The van der Waals surface area contributed by atoms with Gasteiger partial charge < -0.3 is 10.1 Å². The maximum atomic E-state index is 12.7. The first-order valence-electron chi connectivity index (χ1n) is 8.89. The minimum Gasteiger partial charge on any atom is -0.379 e. The Bertz CT molecular complexity index is 987. The number of aromatic nitrogens is 2. The second-order valence-electron chi connectivity index (χ2n) is 6.25. The van der Waals surface area contributed by atoms with Crippen LogP contribution in [0.5, 0.6) is 0 Å². The molecule has 7 nitrogen and oxygen atoms in total. The number of anilines is 1. The number of nitrogens with one attached hydrogen (secondary N) is 1. The van der Waals surface area contributed by atoms with Crippen molar-refractivity contribution in [3.8, 4) is 0 Å². The van der Waals surface area contributed by atoms with Gasteiger partial charge in [0.05, 0.1) is 13.2 Å². The Hall–Kier alpha value is -2.33. The molecular formula is C19H20N4O3S2. The van der Waals surface area contributed by atoms with Gasteiger partial charge in [0.1, 0.15) is 21.8 Å². The number of hydrogen-bond donors (Lipinski definition) is 1. The monoisotopic (exact) mass is 416 g/mol. The lowest BCUT2D eigenvalue weighted by Crippen LogP contribution is -2.40. The summed E-state index contributed by atoms with van der Waals surface area (Å²) in [4.78, 5) is 8.95. The van der Waals surface area contributed by atoms with Crippen LogP contribution in [0, 0.1) is 0 Å². The number of nitrogens with zero attached hydrogens (tertiary/aromatic N) is 3. The van der Waals surface area contributed by atoms with Crippen LogP contribution in [0.15, 0.2) is 65.1 Å². The molecule has 1 N–H and O–H groups in total. The van der Waals surface area contributed by atoms with E-state index in [2.05, 4.69) is 15.3 Å². The number of pyridine rings is 1. The summed E-state index contributed by atoms with van der Waals surface area (Å²) in [5.74, 6) is 0.588. The summed E-state index contributed by atoms with van der Waals surface area (Å²) >= 11 is 1.56. The van der Waals surface area contributed by atoms with E-state index in [4.69, 9.17) is 4.74 Å². The van der Waals surface area contributed by atoms with Crippen molar-refractivity contribution in [1.29, 1.82) is 0 Å². The zero-order valence-corrected chi connectivity index (χ0v) is 16.7. The lowest BCUT2D eigenvalue weighted by molar-refractivity contribution is 0.0730. The first-order valence-corrected chi connectivity index (χ1v) is 11.2. The van der Waals surface area contributed by atoms with Crippen LogP contribution >= 0.6 is 11.3 Å². The van der Waals surface area contributed by atoms with E-state index in [1.54, 1.807) is 29.7 Å². The van der Waals surface area contributed by atoms with Gasteiger partial charge in [-0.3, -0.25) is 0 Å². The molecule has 0 aliphatic carbocycles. The van der Waals surface area contributed by atoms with Crippen LogP contribution < -0.4 is 5.32 Å². The van der Waals surface area contributed by atoms with Crippen molar-refractivity contribution in [3.63, 3.8) is 0 Å². The van der Waals surface area contributed by atoms with Gasteiger partial charge in [0, 0.05) is 30.9 Å². The molecule has 1 atom stereocenters. The fraction of sp³-hybridized carbons (Fsp3) is 0.263. The minimum atomic E-state index is -3.55. The second-order valence-corrected chi connectivity index (χ2v) is 9.12. The highest BCUT2D eigenvalue weighted by Crippen LogP contribution is 2.28. The summed E-state index contributed by atoms with van der Waals surface area (Å²) in [6.45, 7) is 1.56. The number of ether oxygens (including phenoxy) is 1. The number of sulfonamides is 1. The Kier molecular flexibility index (Phi) is 5.67. The minimum absolute atomic E-state index is 0.157. The summed E-state index contributed by atoms with van der Waals surface area (Å²) < 4.78 is 32.1. The second kappa shape index (κ2) is 8.36. The van der Waals surface area contributed by atoms with E-state index in [1.807, 2.05) is 35.7 Å². The maximum Gasteiger partial charge on any atom is 0.244 e. The normalized spacial score (nSPS) is 16.6. The van der Waals surface area contributed by atoms with E-state index >= 15 is 0 Å². The lowest BCUT2D eigenvalue weighted by atomic mass is 10.1. The topological polar surface area (TPSA) is 84.4 Å². The van der Waals surface area contributed by atoms with Gasteiger partial charge in [-0.05, 0) is 17.7 Å². The van der Waals surface area contributed by atoms with Crippen LogP contribution in [0.4, 0.5) is 5.82 Å². The Morgan fingerprint density at radius 1 is 1.07 bits per heavy atom. The highest BCUT2D eigenvalue weighted by molar-refractivity contribution is 7.89. The number of hydrogen-bond acceptors (Lipinski definition) is 7. The van der Waals surface area contributed by atoms with Gasteiger partial charge in [0.25, 0.3) is 0 Å². The third-order valence-electron chi connectivity index (χ3n) is 4.47. The molecule has 3 heterocycles. The van der Waals surface area contributed by atoms with Crippen LogP contribution in [0.25, 0.3) is 0 Å². The predicted octanol–water partition coefficient (Wildman–Crippen LogP) is 2.76. The largest absolute Gasteiger partial charge is 0.379 e. The lowest BCUT2D eigenvalue weighted by Gasteiger charge is -2.26. The van der Waals surface area contributed by atoms with Crippen molar-refractivity contribution in [1.82, 2.24) is 14.3 Å². The van der Waals surface area contributed by atoms with Crippen molar-refractivity contribution in [3.05, 3.63) is 70.8 Å². The van der Waals surface area contributed by atoms with Crippen LogP contribution in [0.2, 0.25) is 0 Å². The van der Waals surface area contributed by atoms with Gasteiger partial charge in [0.2, 0.25) is 10.0 Å². The molecule has 0 spiro atoms. The van der Waals surface area contributed by atoms with Crippen molar-refractivity contribution in [2.75, 3.05) is 31.6 Å². The molecule has 1 aliphatic heterocycles. The third-order valence-corrected chi connectivity index (χ3v) is 7.19. The number of thiazole rings is 1. The molecule has 146 valence electrons. The van der Waals surface area contributed by atoms with Crippen LogP contribution in [0.3, 0.4) is 0 Å².